The Morgan fingerprint density at radius 2 is 2.27 bits per heavy atom. The molecule has 1 rings (SSSR count). The van der Waals surface area contributed by atoms with Gasteiger partial charge in [0.2, 0.25) is 0 Å². The molecule has 0 spiro atoms. The van der Waals surface area contributed by atoms with E-state index in [1.807, 2.05) is 0 Å². The summed E-state index contributed by atoms with van der Waals surface area (Å²) in [6.45, 7) is 1.97. The maximum atomic E-state index is 11.6. The van der Waals surface area contributed by atoms with Gasteiger partial charge in [0.05, 0.1) is 6.42 Å². The molecule has 0 fully saturated rings. The lowest BCUT2D eigenvalue weighted by molar-refractivity contribution is -0.137. The summed E-state index contributed by atoms with van der Waals surface area (Å²) in [6, 6.07) is 1.62. The molecule has 0 atom stereocenters. The van der Waals surface area contributed by atoms with Gasteiger partial charge in [0, 0.05) is 19.3 Å². The van der Waals surface area contributed by atoms with Crippen LogP contribution in [0, 0.1) is 6.92 Å². The number of hydrogen-bond donors (Lipinski definition) is 2. The zero-order valence-corrected chi connectivity index (χ0v) is 8.65. The summed E-state index contributed by atoms with van der Waals surface area (Å²) >= 11 is 0. The Bertz CT molecular complexity index is 372. The molecule has 1 amide bonds. The average molecular weight is 211 g/mol. The molecule has 0 unspecified atom stereocenters. The highest BCUT2D eigenvalue weighted by molar-refractivity contribution is 5.92. The first kappa shape index (κ1) is 11.2. The Morgan fingerprint density at radius 3 is 2.73 bits per heavy atom. The van der Waals surface area contributed by atoms with E-state index in [9.17, 15) is 9.59 Å². The normalized spacial score (nSPS) is 10.0. The Balaban J connectivity index is 2.57. The topological polar surface area (TPSA) is 86.3 Å². The first-order valence-corrected chi connectivity index (χ1v) is 4.50. The van der Waals surface area contributed by atoms with Crippen LogP contribution in [0.5, 0.6) is 0 Å². The quantitative estimate of drug-likeness (QED) is 0.748. The van der Waals surface area contributed by atoms with Crippen molar-refractivity contribution in [1.29, 1.82) is 0 Å². The van der Waals surface area contributed by atoms with E-state index in [0.717, 1.165) is 5.69 Å². The number of carbonyl (C=O) groups excluding carboxylic acids is 1. The van der Waals surface area contributed by atoms with Gasteiger partial charge in [0.25, 0.3) is 5.91 Å². The van der Waals surface area contributed by atoms with Crippen molar-refractivity contribution in [3.63, 3.8) is 0 Å². The summed E-state index contributed by atoms with van der Waals surface area (Å²) in [7, 11) is 1.55. The third-order valence-electron chi connectivity index (χ3n) is 1.93. The number of aromatic nitrogens is 2. The number of rotatable bonds is 4. The standard InChI is InChI=1S/C9H13N3O3/c1-6-5-7(11-10-6)9(15)12(2)4-3-8(13)14/h5H,3-4H2,1-2H3,(H,10,11)(H,13,14). The van der Waals surface area contributed by atoms with Gasteiger partial charge in [-0.15, -0.1) is 0 Å². The molecule has 0 aliphatic carbocycles. The Morgan fingerprint density at radius 1 is 1.60 bits per heavy atom. The van der Waals surface area contributed by atoms with Crippen LogP contribution in [0.15, 0.2) is 6.07 Å². The van der Waals surface area contributed by atoms with Gasteiger partial charge in [0.15, 0.2) is 0 Å². The monoisotopic (exact) mass is 211 g/mol. The number of aromatic amines is 1. The van der Waals surface area contributed by atoms with Gasteiger partial charge >= 0.3 is 5.97 Å². The maximum absolute atomic E-state index is 11.6. The Kier molecular flexibility index (Phi) is 3.43. The SMILES string of the molecule is Cc1cc(C(=O)N(C)CCC(=O)O)n[nH]1. The second-order valence-electron chi connectivity index (χ2n) is 3.31. The molecule has 1 aromatic rings. The van der Waals surface area contributed by atoms with Crippen molar-refractivity contribution < 1.29 is 14.7 Å². The van der Waals surface area contributed by atoms with Gasteiger partial charge < -0.3 is 10.0 Å². The van der Waals surface area contributed by atoms with Crippen LogP contribution in [-0.2, 0) is 4.79 Å². The van der Waals surface area contributed by atoms with E-state index in [-0.39, 0.29) is 18.9 Å². The van der Waals surface area contributed by atoms with E-state index in [2.05, 4.69) is 10.2 Å². The molecule has 0 aromatic carbocycles. The molecule has 0 radical (unpaired) electrons. The van der Waals surface area contributed by atoms with Crippen LogP contribution in [0.4, 0.5) is 0 Å². The average Bonchev–Trinajstić information content (AvgIpc) is 2.60. The number of aryl methyl sites for hydroxylation is 1. The minimum absolute atomic E-state index is 0.0638. The third-order valence-corrected chi connectivity index (χ3v) is 1.93. The molecular formula is C9H13N3O3. The first-order chi connectivity index (χ1) is 7.00. The molecule has 0 aliphatic heterocycles. The predicted octanol–water partition coefficient (Wildman–Crippen LogP) is 0.265. The van der Waals surface area contributed by atoms with Crippen LogP contribution >= 0.6 is 0 Å². The number of aliphatic carboxylic acids is 1. The van der Waals surface area contributed by atoms with Crippen molar-refractivity contribution in [3.05, 3.63) is 17.5 Å². The molecule has 1 heterocycles. The minimum atomic E-state index is -0.923. The van der Waals surface area contributed by atoms with Gasteiger partial charge in [0.1, 0.15) is 5.69 Å². The van der Waals surface area contributed by atoms with Crippen molar-refractivity contribution in [2.24, 2.45) is 0 Å². The zero-order valence-electron chi connectivity index (χ0n) is 8.65. The molecule has 6 heteroatoms. The summed E-state index contributed by atoms with van der Waals surface area (Å²) in [6.07, 6.45) is -0.0638. The van der Waals surface area contributed by atoms with E-state index in [1.54, 1.807) is 20.0 Å². The molecule has 2 N–H and O–H groups in total. The largest absolute Gasteiger partial charge is 0.481 e. The molecule has 0 bridgehead atoms. The summed E-state index contributed by atoms with van der Waals surface area (Å²) < 4.78 is 0. The maximum Gasteiger partial charge on any atom is 0.305 e. The van der Waals surface area contributed by atoms with Crippen molar-refractivity contribution in [1.82, 2.24) is 15.1 Å². The molecule has 15 heavy (non-hydrogen) atoms. The predicted molar refractivity (Wildman–Crippen MR) is 52.5 cm³/mol. The first-order valence-electron chi connectivity index (χ1n) is 4.50. The van der Waals surface area contributed by atoms with Crippen LogP contribution in [0.3, 0.4) is 0 Å². The van der Waals surface area contributed by atoms with Crippen molar-refractivity contribution in [2.45, 2.75) is 13.3 Å². The van der Waals surface area contributed by atoms with Gasteiger partial charge in [-0.1, -0.05) is 0 Å². The number of amides is 1. The van der Waals surface area contributed by atoms with Crippen LogP contribution < -0.4 is 0 Å². The summed E-state index contributed by atoms with van der Waals surface area (Å²) in [5.74, 6) is -1.20. The fraction of sp³-hybridized carbons (Fsp3) is 0.444. The lowest BCUT2D eigenvalue weighted by atomic mass is 10.3. The Labute approximate surface area is 86.9 Å². The third kappa shape index (κ3) is 3.08. The van der Waals surface area contributed by atoms with Crippen LogP contribution in [0.25, 0.3) is 0 Å². The van der Waals surface area contributed by atoms with Crippen LogP contribution in [-0.4, -0.2) is 45.7 Å². The molecular weight excluding hydrogens is 198 g/mol. The van der Waals surface area contributed by atoms with Crippen molar-refractivity contribution in [2.75, 3.05) is 13.6 Å². The molecule has 6 nitrogen and oxygen atoms in total. The minimum Gasteiger partial charge on any atom is -0.481 e. The fourth-order valence-corrected chi connectivity index (χ4v) is 1.09. The van der Waals surface area contributed by atoms with E-state index >= 15 is 0 Å². The van der Waals surface area contributed by atoms with Gasteiger partial charge in [-0.25, -0.2) is 0 Å². The lowest BCUT2D eigenvalue weighted by Crippen LogP contribution is -2.29. The second kappa shape index (κ2) is 4.59. The molecule has 82 valence electrons. The van der Waals surface area contributed by atoms with Gasteiger partial charge in [-0.05, 0) is 13.0 Å². The number of hydrogen-bond acceptors (Lipinski definition) is 3. The molecule has 0 saturated heterocycles. The number of carbonyl (C=O) groups is 2. The summed E-state index contributed by atoms with van der Waals surface area (Å²) in [5, 5.41) is 14.9. The highest BCUT2D eigenvalue weighted by Crippen LogP contribution is 2.02. The highest BCUT2D eigenvalue weighted by Gasteiger charge is 2.14. The van der Waals surface area contributed by atoms with E-state index in [4.69, 9.17) is 5.11 Å². The lowest BCUT2D eigenvalue weighted by Gasteiger charge is -2.13. The summed E-state index contributed by atoms with van der Waals surface area (Å²) in [5.41, 5.74) is 1.10. The molecule has 0 saturated carbocycles. The van der Waals surface area contributed by atoms with Crippen molar-refractivity contribution >= 4 is 11.9 Å². The molecule has 0 aliphatic rings. The number of nitrogens with zero attached hydrogens (tertiary/aromatic N) is 2. The highest BCUT2D eigenvalue weighted by atomic mass is 16.4. The molecule has 1 aromatic heterocycles. The summed E-state index contributed by atoms with van der Waals surface area (Å²) in [4.78, 5) is 23.3. The van der Waals surface area contributed by atoms with Crippen LogP contribution in [0.2, 0.25) is 0 Å². The second-order valence-corrected chi connectivity index (χ2v) is 3.31. The van der Waals surface area contributed by atoms with E-state index < -0.39 is 5.97 Å². The number of carboxylic acid groups (broad SMARTS) is 1. The van der Waals surface area contributed by atoms with Gasteiger partial charge in [-0.2, -0.15) is 5.10 Å². The fourth-order valence-electron chi connectivity index (χ4n) is 1.09. The number of carboxylic acids is 1. The van der Waals surface area contributed by atoms with Gasteiger partial charge in [-0.3, -0.25) is 14.7 Å². The van der Waals surface area contributed by atoms with E-state index in [1.165, 1.54) is 4.90 Å². The van der Waals surface area contributed by atoms with Crippen molar-refractivity contribution in [3.8, 4) is 0 Å². The van der Waals surface area contributed by atoms with E-state index in [0.29, 0.717) is 5.69 Å². The Hall–Kier alpha value is -1.85. The zero-order chi connectivity index (χ0) is 11.4. The number of H-pyrrole nitrogens is 1. The number of nitrogens with one attached hydrogen (secondary N) is 1. The van der Waals surface area contributed by atoms with Crippen LogP contribution in [0.1, 0.15) is 22.6 Å². The smallest absolute Gasteiger partial charge is 0.305 e.